The first kappa shape index (κ1) is 15.0. The molecule has 0 aliphatic rings. The summed E-state index contributed by atoms with van der Waals surface area (Å²) in [5, 5.41) is -4.37. The molecule has 0 aliphatic carbocycles. The molecule has 0 spiro atoms. The molecule has 0 radical (unpaired) electrons. The van der Waals surface area contributed by atoms with Crippen LogP contribution in [0.1, 0.15) is 19.4 Å². The van der Waals surface area contributed by atoms with Crippen LogP contribution in [0.5, 0.6) is 0 Å². The molecule has 18 heavy (non-hydrogen) atoms. The highest BCUT2D eigenvalue weighted by Crippen LogP contribution is 2.32. The number of benzene rings is 1. The third-order valence-electron chi connectivity index (χ3n) is 2.44. The van der Waals surface area contributed by atoms with Crippen molar-refractivity contribution in [1.29, 1.82) is 0 Å². The van der Waals surface area contributed by atoms with Crippen molar-refractivity contribution >= 4 is 9.84 Å². The highest BCUT2D eigenvalue weighted by atomic mass is 32.2. The molecule has 0 heterocycles. The number of halogens is 3. The number of alkyl halides is 3. The van der Waals surface area contributed by atoms with E-state index in [9.17, 15) is 21.6 Å². The Morgan fingerprint density at radius 3 is 2.28 bits per heavy atom. The van der Waals surface area contributed by atoms with E-state index in [4.69, 9.17) is 0 Å². The number of sulfone groups is 1. The maximum Gasteiger partial charge on any atom is 0.377 e. The summed E-state index contributed by atoms with van der Waals surface area (Å²) >= 11 is 0. The molecule has 0 atom stereocenters. The Morgan fingerprint density at radius 2 is 1.78 bits per heavy atom. The molecule has 0 fully saturated rings. The molecular weight excluding hydrogens is 265 g/mol. The molecule has 0 saturated heterocycles. The zero-order valence-corrected chi connectivity index (χ0v) is 11.0. The molecule has 1 aromatic carbocycles. The normalized spacial score (nSPS) is 13.0. The van der Waals surface area contributed by atoms with Crippen molar-refractivity contribution < 1.29 is 21.6 Å². The minimum absolute atomic E-state index is 0.111. The summed E-state index contributed by atoms with van der Waals surface area (Å²) in [6, 6.07) is 5.49. The molecule has 1 rings (SSSR count). The van der Waals surface area contributed by atoms with Crippen molar-refractivity contribution in [3.05, 3.63) is 29.8 Å². The Balaban J connectivity index is 3.33. The fourth-order valence-electron chi connectivity index (χ4n) is 1.61. The Bertz CT molecular complexity index is 510. The van der Waals surface area contributed by atoms with Crippen LogP contribution in [0.15, 0.2) is 29.2 Å². The van der Waals surface area contributed by atoms with Crippen LogP contribution in [0.3, 0.4) is 0 Å². The van der Waals surface area contributed by atoms with Gasteiger partial charge in [-0.3, -0.25) is 0 Å². The molecule has 0 saturated carbocycles. The van der Waals surface area contributed by atoms with Crippen LogP contribution in [0, 0.1) is 5.92 Å². The van der Waals surface area contributed by atoms with Gasteiger partial charge in [-0.15, -0.1) is 0 Å². The van der Waals surface area contributed by atoms with E-state index in [1.54, 1.807) is 6.07 Å². The van der Waals surface area contributed by atoms with Gasteiger partial charge in [0, 0.05) is 0 Å². The second-order valence-electron chi connectivity index (χ2n) is 4.48. The molecule has 1 aromatic rings. The van der Waals surface area contributed by atoms with Crippen molar-refractivity contribution in [2.45, 2.75) is 30.4 Å². The molecule has 0 unspecified atom stereocenters. The molecular formula is C12H15F3O2S. The number of hydrogen-bond acceptors (Lipinski definition) is 2. The minimum atomic E-state index is -4.97. The molecule has 102 valence electrons. The predicted molar refractivity (Wildman–Crippen MR) is 63.1 cm³/mol. The van der Waals surface area contributed by atoms with Gasteiger partial charge in [-0.25, -0.2) is 12.8 Å². The Kier molecular flexibility index (Phi) is 4.42. The maximum absolute atomic E-state index is 13.2. The van der Waals surface area contributed by atoms with Gasteiger partial charge in [0.1, 0.15) is 0 Å². The van der Waals surface area contributed by atoms with E-state index in [2.05, 4.69) is 0 Å². The van der Waals surface area contributed by atoms with E-state index in [1.165, 1.54) is 12.1 Å². The zero-order chi connectivity index (χ0) is 14.0. The summed E-state index contributed by atoms with van der Waals surface area (Å²) in [6.45, 7) is 1.47. The molecule has 0 amide bonds. The van der Waals surface area contributed by atoms with Gasteiger partial charge in [-0.2, -0.15) is 8.78 Å². The van der Waals surface area contributed by atoms with E-state index in [0.717, 1.165) is 6.07 Å². The molecule has 0 aromatic heterocycles. The minimum Gasteiger partial charge on any atom is -0.243 e. The number of rotatable bonds is 5. The Labute approximate surface area is 105 Å². The van der Waals surface area contributed by atoms with Gasteiger partial charge in [0.05, 0.1) is 4.90 Å². The van der Waals surface area contributed by atoms with E-state index >= 15 is 0 Å². The number of hydrogen-bond donors (Lipinski definition) is 0. The van der Waals surface area contributed by atoms with Crippen LogP contribution in [0.4, 0.5) is 13.2 Å². The summed E-state index contributed by atoms with van der Waals surface area (Å²) in [5.41, 5.74) is 0.292. The van der Waals surface area contributed by atoms with Crippen LogP contribution in [-0.2, 0) is 16.3 Å². The van der Waals surface area contributed by atoms with Crippen LogP contribution >= 0.6 is 0 Å². The zero-order valence-electron chi connectivity index (χ0n) is 10.2. The first-order valence-corrected chi connectivity index (χ1v) is 6.97. The summed E-state index contributed by atoms with van der Waals surface area (Å²) in [6.07, 6.45) is 0.345. The first-order valence-electron chi connectivity index (χ1n) is 5.48. The van der Waals surface area contributed by atoms with Crippen molar-refractivity contribution in [3.63, 3.8) is 0 Å². The summed E-state index contributed by atoms with van der Waals surface area (Å²) in [4.78, 5) is -0.485. The lowest BCUT2D eigenvalue weighted by Gasteiger charge is -2.17. The largest absolute Gasteiger partial charge is 0.377 e. The molecule has 0 aliphatic heterocycles. The fraction of sp³-hybridized carbons (Fsp3) is 0.500. The van der Waals surface area contributed by atoms with Gasteiger partial charge in [0.2, 0.25) is 9.84 Å². The third kappa shape index (κ3) is 2.85. The first-order chi connectivity index (χ1) is 8.22. The highest BCUT2D eigenvalue weighted by Gasteiger charge is 2.47. The van der Waals surface area contributed by atoms with Gasteiger partial charge in [-0.1, -0.05) is 32.0 Å². The SMILES string of the molecule is CC(C)Cc1ccccc1S(=O)(=O)C(F)(F)CF. The average Bonchev–Trinajstić information content (AvgIpc) is 2.28. The Morgan fingerprint density at radius 1 is 1.22 bits per heavy atom. The summed E-state index contributed by atoms with van der Waals surface area (Å²) in [7, 11) is -4.97. The van der Waals surface area contributed by atoms with Gasteiger partial charge in [0.25, 0.3) is 0 Å². The van der Waals surface area contributed by atoms with Crippen molar-refractivity contribution in [2.75, 3.05) is 6.67 Å². The average molecular weight is 280 g/mol. The standard InChI is InChI=1S/C12H15F3O2S/c1-9(2)7-10-5-3-4-6-11(10)18(16,17)12(14,15)8-13/h3-6,9H,7-8H2,1-2H3. The van der Waals surface area contributed by atoms with Crippen LogP contribution < -0.4 is 0 Å². The van der Waals surface area contributed by atoms with E-state index in [-0.39, 0.29) is 5.92 Å². The Hall–Kier alpha value is -1.04. The van der Waals surface area contributed by atoms with Gasteiger partial charge in [0.15, 0.2) is 6.67 Å². The summed E-state index contributed by atoms with van der Waals surface area (Å²) in [5.74, 6) is 0.111. The van der Waals surface area contributed by atoms with Crippen LogP contribution in [0.25, 0.3) is 0 Å². The lowest BCUT2D eigenvalue weighted by atomic mass is 10.0. The summed E-state index contributed by atoms with van der Waals surface area (Å²) < 4.78 is 62.0. The van der Waals surface area contributed by atoms with Crippen molar-refractivity contribution in [3.8, 4) is 0 Å². The lowest BCUT2D eigenvalue weighted by Crippen LogP contribution is -2.32. The second-order valence-corrected chi connectivity index (χ2v) is 6.52. The van der Waals surface area contributed by atoms with Crippen molar-refractivity contribution in [1.82, 2.24) is 0 Å². The monoisotopic (exact) mass is 280 g/mol. The smallest absolute Gasteiger partial charge is 0.243 e. The van der Waals surface area contributed by atoms with Crippen LogP contribution in [0.2, 0.25) is 0 Å². The van der Waals surface area contributed by atoms with Gasteiger partial charge < -0.3 is 0 Å². The highest BCUT2D eigenvalue weighted by molar-refractivity contribution is 7.92. The maximum atomic E-state index is 13.2. The van der Waals surface area contributed by atoms with Gasteiger partial charge in [-0.05, 0) is 24.0 Å². The molecule has 6 heteroatoms. The van der Waals surface area contributed by atoms with E-state index < -0.39 is 26.7 Å². The van der Waals surface area contributed by atoms with Crippen LogP contribution in [-0.4, -0.2) is 20.3 Å². The topological polar surface area (TPSA) is 34.1 Å². The molecule has 0 bridgehead atoms. The van der Waals surface area contributed by atoms with Crippen molar-refractivity contribution in [2.24, 2.45) is 5.92 Å². The quantitative estimate of drug-likeness (QED) is 0.830. The predicted octanol–water partition coefficient (Wildman–Crippen LogP) is 3.22. The van der Waals surface area contributed by atoms with E-state index in [0.29, 0.717) is 12.0 Å². The van der Waals surface area contributed by atoms with Gasteiger partial charge >= 0.3 is 5.25 Å². The van der Waals surface area contributed by atoms with E-state index in [1.807, 2.05) is 13.8 Å². The third-order valence-corrected chi connectivity index (χ3v) is 4.31. The fourth-order valence-corrected chi connectivity index (χ4v) is 2.83. The molecule has 2 nitrogen and oxygen atoms in total. The lowest BCUT2D eigenvalue weighted by molar-refractivity contribution is 0.0619. The second kappa shape index (κ2) is 5.30. The molecule has 0 N–H and O–H groups in total.